The topological polar surface area (TPSA) is 61.2 Å². The lowest BCUT2D eigenvalue weighted by Gasteiger charge is -2.12. The van der Waals surface area contributed by atoms with Crippen LogP contribution in [0.2, 0.25) is 0 Å². The molecule has 0 aliphatic rings. The molecule has 24 heavy (non-hydrogen) atoms. The van der Waals surface area contributed by atoms with E-state index in [0.717, 1.165) is 34.9 Å². The summed E-state index contributed by atoms with van der Waals surface area (Å²) in [6.45, 7) is 6.00. The number of pyridine rings is 1. The number of aryl methyl sites for hydroxylation is 2. The summed E-state index contributed by atoms with van der Waals surface area (Å²) >= 11 is 0. The summed E-state index contributed by atoms with van der Waals surface area (Å²) in [5.74, 6) is 0.869. The van der Waals surface area contributed by atoms with Gasteiger partial charge in [-0.15, -0.1) is 0 Å². The van der Waals surface area contributed by atoms with Crippen molar-refractivity contribution in [1.82, 2.24) is 9.88 Å². The van der Waals surface area contributed by atoms with Crippen molar-refractivity contribution in [1.29, 1.82) is 5.26 Å². The highest BCUT2D eigenvalue weighted by atomic mass is 16.5. The number of rotatable bonds is 7. The molecule has 1 aromatic carbocycles. The largest absolute Gasteiger partial charge is 0.492 e. The van der Waals surface area contributed by atoms with Gasteiger partial charge in [-0.25, -0.2) is 0 Å². The maximum Gasteiger partial charge on any atom is 0.119 e. The van der Waals surface area contributed by atoms with Gasteiger partial charge in [-0.1, -0.05) is 12.1 Å². The summed E-state index contributed by atoms with van der Waals surface area (Å²) < 4.78 is 5.69. The monoisotopic (exact) mass is 324 g/mol. The van der Waals surface area contributed by atoms with Crippen LogP contribution < -0.4 is 10.1 Å². The highest BCUT2D eigenvalue weighted by molar-refractivity contribution is 5.60. The van der Waals surface area contributed by atoms with Gasteiger partial charge >= 0.3 is 0 Å². The molecule has 1 aromatic heterocycles. The molecule has 2 aromatic rings. The number of hydrogen-bond donors (Lipinski definition) is 1. The minimum atomic E-state index is 0.601. The Balaban J connectivity index is 1.97. The number of benzene rings is 1. The van der Waals surface area contributed by atoms with Crippen molar-refractivity contribution in [3.8, 4) is 11.8 Å². The van der Waals surface area contributed by atoms with E-state index in [1.807, 2.05) is 58.3 Å². The minimum Gasteiger partial charge on any atom is -0.492 e. The lowest BCUT2D eigenvalue weighted by Crippen LogP contribution is -2.19. The van der Waals surface area contributed by atoms with E-state index >= 15 is 0 Å². The molecular weight excluding hydrogens is 300 g/mol. The SMILES string of the molecule is Cc1cc(NCc2ccc(OCCN(C)C)cc2)c(C#N)c(C)n1. The second-order valence-electron chi connectivity index (χ2n) is 6.03. The zero-order chi connectivity index (χ0) is 17.5. The van der Waals surface area contributed by atoms with E-state index in [9.17, 15) is 5.26 Å². The average molecular weight is 324 g/mol. The molecule has 1 N–H and O–H groups in total. The Kier molecular flexibility index (Phi) is 6.16. The highest BCUT2D eigenvalue weighted by Crippen LogP contribution is 2.20. The summed E-state index contributed by atoms with van der Waals surface area (Å²) in [5.41, 5.74) is 4.22. The van der Waals surface area contributed by atoms with Gasteiger partial charge < -0.3 is 15.0 Å². The van der Waals surface area contributed by atoms with Crippen LogP contribution in [0.25, 0.3) is 0 Å². The molecule has 0 fully saturated rings. The normalized spacial score (nSPS) is 10.5. The predicted molar refractivity (Wildman–Crippen MR) is 96.2 cm³/mol. The third-order valence-electron chi connectivity index (χ3n) is 3.65. The number of nitrogens with one attached hydrogen (secondary N) is 1. The van der Waals surface area contributed by atoms with E-state index in [1.54, 1.807) is 0 Å². The zero-order valence-corrected chi connectivity index (χ0v) is 14.8. The van der Waals surface area contributed by atoms with E-state index in [0.29, 0.717) is 18.7 Å². The molecule has 5 heteroatoms. The maximum atomic E-state index is 9.30. The first kappa shape index (κ1) is 17.8. The van der Waals surface area contributed by atoms with Crippen molar-refractivity contribution in [3.05, 3.63) is 52.8 Å². The summed E-state index contributed by atoms with van der Waals surface area (Å²) in [5, 5.41) is 12.6. The lowest BCUT2D eigenvalue weighted by molar-refractivity contribution is 0.261. The van der Waals surface area contributed by atoms with Crippen LogP contribution in [-0.2, 0) is 6.54 Å². The first-order chi connectivity index (χ1) is 11.5. The van der Waals surface area contributed by atoms with Gasteiger partial charge in [0.25, 0.3) is 0 Å². The first-order valence-electron chi connectivity index (χ1n) is 7.98. The lowest BCUT2D eigenvalue weighted by atomic mass is 10.1. The van der Waals surface area contributed by atoms with Crippen LogP contribution in [-0.4, -0.2) is 37.1 Å². The van der Waals surface area contributed by atoms with Crippen molar-refractivity contribution in [2.75, 3.05) is 32.6 Å². The predicted octanol–water partition coefficient (Wildman–Crippen LogP) is 3.12. The Morgan fingerprint density at radius 2 is 1.92 bits per heavy atom. The van der Waals surface area contributed by atoms with Gasteiger partial charge in [0.2, 0.25) is 0 Å². The number of nitriles is 1. The van der Waals surface area contributed by atoms with Crippen molar-refractivity contribution >= 4 is 5.69 Å². The van der Waals surface area contributed by atoms with Crippen LogP contribution in [0.1, 0.15) is 22.5 Å². The molecule has 0 bridgehead atoms. The highest BCUT2D eigenvalue weighted by Gasteiger charge is 2.07. The van der Waals surface area contributed by atoms with Gasteiger partial charge in [-0.2, -0.15) is 5.26 Å². The van der Waals surface area contributed by atoms with E-state index in [4.69, 9.17) is 4.74 Å². The van der Waals surface area contributed by atoms with Gasteiger partial charge in [0, 0.05) is 18.8 Å². The standard InChI is InChI=1S/C19H24N4O/c1-14-11-19(18(12-20)15(2)22-14)21-13-16-5-7-17(8-6-16)24-10-9-23(3)4/h5-8,11H,9-10,13H2,1-4H3,(H,21,22). The van der Waals surface area contributed by atoms with Crippen molar-refractivity contribution < 1.29 is 4.74 Å². The van der Waals surface area contributed by atoms with Crippen LogP contribution in [0.3, 0.4) is 0 Å². The second-order valence-corrected chi connectivity index (χ2v) is 6.03. The van der Waals surface area contributed by atoms with E-state index in [-0.39, 0.29) is 0 Å². The second kappa shape index (κ2) is 8.32. The summed E-state index contributed by atoms with van der Waals surface area (Å²) in [4.78, 5) is 6.42. The molecule has 0 unspecified atom stereocenters. The Hall–Kier alpha value is -2.58. The molecular formula is C19H24N4O. The van der Waals surface area contributed by atoms with E-state index < -0.39 is 0 Å². The first-order valence-corrected chi connectivity index (χ1v) is 7.98. The average Bonchev–Trinajstić information content (AvgIpc) is 2.53. The summed E-state index contributed by atoms with van der Waals surface area (Å²) in [7, 11) is 4.05. The molecule has 0 spiro atoms. The third kappa shape index (κ3) is 4.97. The minimum absolute atomic E-state index is 0.601. The molecule has 0 aliphatic heterocycles. The van der Waals surface area contributed by atoms with Gasteiger partial charge in [-0.05, 0) is 51.7 Å². The Morgan fingerprint density at radius 1 is 1.21 bits per heavy atom. The van der Waals surface area contributed by atoms with Gasteiger partial charge in [-0.3, -0.25) is 4.98 Å². The molecule has 0 radical (unpaired) electrons. The van der Waals surface area contributed by atoms with Crippen molar-refractivity contribution in [3.63, 3.8) is 0 Å². The van der Waals surface area contributed by atoms with Crippen LogP contribution in [0.15, 0.2) is 30.3 Å². The Morgan fingerprint density at radius 3 is 2.54 bits per heavy atom. The number of nitrogens with zero attached hydrogens (tertiary/aromatic N) is 3. The third-order valence-corrected chi connectivity index (χ3v) is 3.65. The number of anilines is 1. The Labute approximate surface area is 143 Å². The summed E-state index contributed by atoms with van der Waals surface area (Å²) in [6, 6.07) is 12.1. The molecule has 2 rings (SSSR count). The molecule has 0 amide bonds. The van der Waals surface area contributed by atoms with Crippen LogP contribution in [0.5, 0.6) is 5.75 Å². The number of ether oxygens (including phenoxy) is 1. The van der Waals surface area contributed by atoms with Gasteiger partial charge in [0.05, 0.1) is 16.9 Å². The fraction of sp³-hybridized carbons (Fsp3) is 0.368. The van der Waals surface area contributed by atoms with Crippen LogP contribution in [0, 0.1) is 25.2 Å². The number of likely N-dealkylation sites (N-methyl/N-ethyl adjacent to an activating group) is 1. The van der Waals surface area contributed by atoms with Crippen molar-refractivity contribution in [2.24, 2.45) is 0 Å². The van der Waals surface area contributed by atoms with Crippen molar-refractivity contribution in [2.45, 2.75) is 20.4 Å². The molecule has 1 heterocycles. The number of hydrogen-bond acceptors (Lipinski definition) is 5. The smallest absolute Gasteiger partial charge is 0.119 e. The summed E-state index contributed by atoms with van der Waals surface area (Å²) in [6.07, 6.45) is 0. The Bertz CT molecular complexity index is 717. The fourth-order valence-corrected chi connectivity index (χ4v) is 2.36. The molecule has 126 valence electrons. The number of aromatic nitrogens is 1. The van der Waals surface area contributed by atoms with E-state index in [1.165, 1.54) is 0 Å². The molecule has 0 atom stereocenters. The molecule has 0 aliphatic carbocycles. The molecule has 5 nitrogen and oxygen atoms in total. The van der Waals surface area contributed by atoms with Crippen LogP contribution in [0.4, 0.5) is 5.69 Å². The van der Waals surface area contributed by atoms with Gasteiger partial charge in [0.15, 0.2) is 0 Å². The maximum absolute atomic E-state index is 9.30. The fourth-order valence-electron chi connectivity index (χ4n) is 2.36. The molecule has 0 saturated heterocycles. The zero-order valence-electron chi connectivity index (χ0n) is 14.8. The van der Waals surface area contributed by atoms with Crippen LogP contribution >= 0.6 is 0 Å². The van der Waals surface area contributed by atoms with E-state index in [2.05, 4.69) is 21.3 Å². The quantitative estimate of drug-likeness (QED) is 0.848. The van der Waals surface area contributed by atoms with Gasteiger partial charge in [0.1, 0.15) is 18.4 Å². The molecule has 0 saturated carbocycles.